The fraction of sp³-hybridized carbons (Fsp3) is 0.526. The second-order valence-electron chi connectivity index (χ2n) is 6.25. The van der Waals surface area contributed by atoms with Gasteiger partial charge in [-0.2, -0.15) is 12.6 Å². The van der Waals surface area contributed by atoms with Crippen LogP contribution in [0.3, 0.4) is 0 Å². The third-order valence-corrected chi connectivity index (χ3v) is 4.35. The first-order valence-corrected chi connectivity index (χ1v) is 10.0. The fourth-order valence-electron chi connectivity index (χ4n) is 2.61. The molecule has 0 aliphatic carbocycles. The summed E-state index contributed by atoms with van der Waals surface area (Å²) in [6.45, 7) is 9.95. The summed E-state index contributed by atoms with van der Waals surface area (Å²) in [5.74, 6) is 2.23. The highest BCUT2D eigenvalue weighted by molar-refractivity contribution is 7.81. The Morgan fingerprint density at radius 3 is 2.36 bits per heavy atom. The molecule has 0 radical (unpaired) electrons. The summed E-state index contributed by atoms with van der Waals surface area (Å²) in [5, 5.41) is 0.537. The Balaban J connectivity index is 0.000000342. The zero-order valence-electron chi connectivity index (χ0n) is 16.7. The number of hydrogen-bond acceptors (Lipinski definition) is 9. The quantitative estimate of drug-likeness (QED) is 0.651. The molecule has 8 nitrogen and oxygen atoms in total. The van der Waals surface area contributed by atoms with Crippen LogP contribution in [-0.4, -0.2) is 59.2 Å². The maximum atomic E-state index is 5.93. The summed E-state index contributed by atoms with van der Waals surface area (Å²) < 4.78 is 10.2. The second-order valence-corrected chi connectivity index (χ2v) is 6.98. The lowest BCUT2D eigenvalue weighted by Crippen LogP contribution is -2.44. The number of hydrogen-bond donors (Lipinski definition) is 3. The van der Waals surface area contributed by atoms with E-state index >= 15 is 0 Å². The first kappa shape index (κ1) is 22.2. The lowest BCUT2D eigenvalue weighted by atomic mass is 10.2. The van der Waals surface area contributed by atoms with Gasteiger partial charge in [-0.1, -0.05) is 13.8 Å². The molecule has 0 spiro atoms. The van der Waals surface area contributed by atoms with E-state index in [9.17, 15) is 0 Å². The molecule has 0 bridgehead atoms. The van der Waals surface area contributed by atoms with Crippen molar-refractivity contribution in [1.29, 1.82) is 0 Å². The van der Waals surface area contributed by atoms with Crippen LogP contribution >= 0.6 is 12.6 Å². The highest BCUT2D eigenvalue weighted by Gasteiger charge is 2.21. The SMILES string of the molecule is CC.CC1COCCN1c1cc(N)nc(-c2ccnc(N)c2)n1.SC1COC1. The Bertz CT molecular complexity index is 744. The van der Waals surface area contributed by atoms with Crippen molar-refractivity contribution in [2.75, 3.05) is 49.3 Å². The maximum absolute atomic E-state index is 5.93. The zero-order valence-corrected chi connectivity index (χ0v) is 17.6. The summed E-state index contributed by atoms with van der Waals surface area (Å²) in [6, 6.07) is 5.60. The Kier molecular flexibility index (Phi) is 8.75. The van der Waals surface area contributed by atoms with Crippen LogP contribution in [0.15, 0.2) is 24.4 Å². The van der Waals surface area contributed by atoms with E-state index in [1.165, 1.54) is 0 Å². The molecule has 1 unspecified atom stereocenters. The van der Waals surface area contributed by atoms with E-state index < -0.39 is 0 Å². The minimum absolute atomic E-state index is 0.253. The number of nitrogens with two attached hydrogens (primary N) is 2. The average Bonchev–Trinajstić information content (AvgIpc) is 2.68. The fourth-order valence-corrected chi connectivity index (χ4v) is 2.82. The van der Waals surface area contributed by atoms with Gasteiger partial charge < -0.3 is 25.8 Å². The van der Waals surface area contributed by atoms with E-state index in [-0.39, 0.29) is 6.04 Å². The van der Waals surface area contributed by atoms with Gasteiger partial charge in [0.05, 0.1) is 32.5 Å². The predicted octanol–water partition coefficient (Wildman–Crippen LogP) is 2.27. The van der Waals surface area contributed by atoms with Crippen LogP contribution < -0.4 is 16.4 Å². The maximum Gasteiger partial charge on any atom is 0.164 e. The number of nitrogen functional groups attached to an aromatic ring is 2. The molecule has 2 aromatic heterocycles. The van der Waals surface area contributed by atoms with Gasteiger partial charge in [-0.3, -0.25) is 0 Å². The van der Waals surface area contributed by atoms with Crippen molar-refractivity contribution in [3.8, 4) is 11.4 Å². The second kappa shape index (κ2) is 11.0. The number of rotatable bonds is 2. The molecule has 9 heteroatoms. The Morgan fingerprint density at radius 1 is 1.07 bits per heavy atom. The topological polar surface area (TPSA) is 112 Å². The number of thiol groups is 1. The largest absolute Gasteiger partial charge is 0.384 e. The molecule has 2 aliphatic heterocycles. The molecule has 154 valence electrons. The normalized spacial score (nSPS) is 18.9. The van der Waals surface area contributed by atoms with Gasteiger partial charge in [-0.25, -0.2) is 15.0 Å². The van der Waals surface area contributed by atoms with Crippen molar-refractivity contribution in [3.63, 3.8) is 0 Å². The van der Waals surface area contributed by atoms with E-state index in [2.05, 4.69) is 39.4 Å². The third kappa shape index (κ3) is 6.22. The third-order valence-electron chi connectivity index (χ3n) is 4.05. The molecule has 4 heterocycles. The minimum Gasteiger partial charge on any atom is -0.384 e. The number of morpholine rings is 1. The van der Waals surface area contributed by atoms with Crippen molar-refractivity contribution in [2.24, 2.45) is 0 Å². The summed E-state index contributed by atoms with van der Waals surface area (Å²) >= 11 is 4.06. The van der Waals surface area contributed by atoms with Gasteiger partial charge in [0.25, 0.3) is 0 Å². The standard InChI is InChI=1S/C14H18N6O.C3H6OS.C2H6/c1-9-8-21-5-4-20(9)13-7-12(16)18-14(19-13)10-2-3-17-11(15)6-10;5-3-1-4-2-3;1-2/h2-3,6-7,9H,4-5,8H2,1H3,(H2,15,17)(H2,16,18,19);3,5H,1-2H2;1-2H3. The molecule has 0 amide bonds. The van der Waals surface area contributed by atoms with Gasteiger partial charge in [0.15, 0.2) is 5.82 Å². The summed E-state index contributed by atoms with van der Waals surface area (Å²) in [6.07, 6.45) is 1.63. The first-order chi connectivity index (χ1) is 13.5. The number of nitrogens with zero attached hydrogens (tertiary/aromatic N) is 4. The average molecular weight is 407 g/mol. The van der Waals surface area contributed by atoms with Gasteiger partial charge in [0.2, 0.25) is 0 Å². The summed E-state index contributed by atoms with van der Waals surface area (Å²) in [5.41, 5.74) is 12.4. The lowest BCUT2D eigenvalue weighted by Gasteiger charge is -2.34. The molecule has 0 aromatic carbocycles. The van der Waals surface area contributed by atoms with Crippen molar-refractivity contribution in [1.82, 2.24) is 15.0 Å². The zero-order chi connectivity index (χ0) is 20.5. The molecule has 2 aromatic rings. The van der Waals surface area contributed by atoms with E-state index in [4.69, 9.17) is 20.9 Å². The van der Waals surface area contributed by atoms with Crippen LogP contribution in [-0.2, 0) is 9.47 Å². The lowest BCUT2D eigenvalue weighted by molar-refractivity contribution is 0.0463. The number of anilines is 3. The summed E-state index contributed by atoms with van der Waals surface area (Å²) in [7, 11) is 0. The number of aromatic nitrogens is 3. The molecule has 2 fully saturated rings. The van der Waals surface area contributed by atoms with E-state index in [1.807, 2.05) is 19.9 Å². The van der Waals surface area contributed by atoms with Gasteiger partial charge >= 0.3 is 0 Å². The molecule has 1 atom stereocenters. The van der Waals surface area contributed by atoms with Crippen LogP contribution in [0.4, 0.5) is 17.5 Å². The van der Waals surface area contributed by atoms with E-state index in [0.717, 1.165) is 31.1 Å². The predicted molar refractivity (Wildman–Crippen MR) is 117 cm³/mol. The van der Waals surface area contributed by atoms with E-state index in [1.54, 1.807) is 18.3 Å². The molecular formula is C19H30N6O2S. The molecule has 28 heavy (non-hydrogen) atoms. The van der Waals surface area contributed by atoms with Crippen LogP contribution in [0.1, 0.15) is 20.8 Å². The van der Waals surface area contributed by atoms with Crippen LogP contribution in [0, 0.1) is 0 Å². The first-order valence-electron chi connectivity index (χ1n) is 9.49. The highest BCUT2D eigenvalue weighted by Crippen LogP contribution is 2.24. The Labute approximate surface area is 172 Å². The van der Waals surface area contributed by atoms with Gasteiger partial charge in [-0.05, 0) is 19.1 Å². The van der Waals surface area contributed by atoms with Gasteiger partial charge in [-0.15, -0.1) is 0 Å². The van der Waals surface area contributed by atoms with Crippen molar-refractivity contribution in [2.45, 2.75) is 32.1 Å². The Hall–Kier alpha value is -2.10. The molecule has 2 aliphatic rings. The molecule has 4 rings (SSSR count). The highest BCUT2D eigenvalue weighted by atomic mass is 32.1. The van der Waals surface area contributed by atoms with Crippen molar-refractivity contribution >= 4 is 30.1 Å². The van der Waals surface area contributed by atoms with Crippen molar-refractivity contribution < 1.29 is 9.47 Å². The molecule has 0 saturated carbocycles. The van der Waals surface area contributed by atoms with Crippen LogP contribution in [0.2, 0.25) is 0 Å². The number of ether oxygens (including phenoxy) is 2. The summed E-state index contributed by atoms with van der Waals surface area (Å²) in [4.78, 5) is 15.1. The van der Waals surface area contributed by atoms with Crippen LogP contribution in [0.5, 0.6) is 0 Å². The molecular weight excluding hydrogens is 376 g/mol. The van der Waals surface area contributed by atoms with Crippen LogP contribution in [0.25, 0.3) is 11.4 Å². The Morgan fingerprint density at radius 2 is 1.79 bits per heavy atom. The molecule has 4 N–H and O–H groups in total. The van der Waals surface area contributed by atoms with Gasteiger partial charge in [0.1, 0.15) is 17.5 Å². The van der Waals surface area contributed by atoms with E-state index in [0.29, 0.717) is 35.9 Å². The van der Waals surface area contributed by atoms with Crippen molar-refractivity contribution in [3.05, 3.63) is 24.4 Å². The molecule has 2 saturated heterocycles. The number of pyridine rings is 1. The monoisotopic (exact) mass is 406 g/mol. The minimum atomic E-state index is 0.253. The van der Waals surface area contributed by atoms with Gasteiger partial charge in [0, 0.05) is 29.6 Å². The smallest absolute Gasteiger partial charge is 0.164 e.